The molecule has 8 heteroatoms. The molecule has 4 rings (SSSR count). The molecule has 0 aliphatic carbocycles. The molecule has 7 nitrogen and oxygen atoms in total. The first kappa shape index (κ1) is 20.4. The molecule has 1 aliphatic rings. The second kappa shape index (κ2) is 7.75. The van der Waals surface area contributed by atoms with Crippen molar-refractivity contribution in [3.05, 3.63) is 58.9 Å². The van der Waals surface area contributed by atoms with E-state index in [0.29, 0.717) is 18.6 Å². The largest absolute Gasteiger partial charge is 0.465 e. The van der Waals surface area contributed by atoms with Gasteiger partial charge in [-0.1, -0.05) is 31.0 Å². The molecule has 0 atom stereocenters. The summed E-state index contributed by atoms with van der Waals surface area (Å²) in [6, 6.07) is 6.80. The zero-order valence-electron chi connectivity index (χ0n) is 17.1. The molecule has 158 valence electrons. The van der Waals surface area contributed by atoms with Gasteiger partial charge in [0.05, 0.1) is 11.4 Å². The molecule has 3 aromatic rings. The van der Waals surface area contributed by atoms with Crippen molar-refractivity contribution in [3.63, 3.8) is 0 Å². The normalized spacial score (nSPS) is 14.1. The minimum atomic E-state index is -3.79. The van der Waals surface area contributed by atoms with Gasteiger partial charge in [0.25, 0.3) is 10.0 Å². The summed E-state index contributed by atoms with van der Waals surface area (Å²) in [5.74, 6) is 0. The SMILES string of the molecule is CCCCc1cn(S(=O)(=O)c2ccc(C)cc2)c2ncc3c(c12)CCN(C(=O)O)C3. The van der Waals surface area contributed by atoms with E-state index in [2.05, 4.69) is 11.9 Å². The van der Waals surface area contributed by atoms with Crippen molar-refractivity contribution in [2.24, 2.45) is 0 Å². The maximum absolute atomic E-state index is 13.4. The Morgan fingerprint density at radius 1 is 1.23 bits per heavy atom. The number of hydrogen-bond acceptors (Lipinski definition) is 4. The summed E-state index contributed by atoms with van der Waals surface area (Å²) in [5, 5.41) is 10.2. The van der Waals surface area contributed by atoms with Crippen LogP contribution in [0, 0.1) is 6.92 Å². The Morgan fingerprint density at radius 2 is 1.97 bits per heavy atom. The van der Waals surface area contributed by atoms with Gasteiger partial charge in [-0.25, -0.2) is 22.2 Å². The fourth-order valence-corrected chi connectivity index (χ4v) is 5.37. The molecule has 0 unspecified atom stereocenters. The van der Waals surface area contributed by atoms with E-state index in [1.807, 2.05) is 6.92 Å². The molecule has 0 saturated heterocycles. The number of aromatic nitrogens is 2. The molecule has 0 radical (unpaired) electrons. The van der Waals surface area contributed by atoms with Crippen LogP contribution in [0.15, 0.2) is 41.6 Å². The van der Waals surface area contributed by atoms with Crippen LogP contribution in [0.5, 0.6) is 0 Å². The Balaban J connectivity index is 1.90. The number of benzene rings is 1. The molecule has 0 spiro atoms. The van der Waals surface area contributed by atoms with Gasteiger partial charge in [0, 0.05) is 24.3 Å². The van der Waals surface area contributed by atoms with Gasteiger partial charge in [-0.15, -0.1) is 0 Å². The predicted octanol–water partition coefficient (Wildman–Crippen LogP) is 3.96. The molecular weight excluding hydrogens is 402 g/mol. The van der Waals surface area contributed by atoms with Crippen molar-refractivity contribution in [2.45, 2.75) is 51.0 Å². The number of fused-ring (bicyclic) bond motifs is 3. The number of amides is 1. The van der Waals surface area contributed by atoms with Gasteiger partial charge in [0.15, 0.2) is 5.65 Å². The first-order chi connectivity index (χ1) is 14.3. The molecule has 1 aromatic carbocycles. The highest BCUT2D eigenvalue weighted by Gasteiger charge is 2.28. The van der Waals surface area contributed by atoms with E-state index in [1.54, 1.807) is 36.7 Å². The second-order valence-corrected chi connectivity index (χ2v) is 9.60. The third-order valence-corrected chi connectivity index (χ3v) is 7.36. The number of rotatable bonds is 5. The molecule has 0 fully saturated rings. The van der Waals surface area contributed by atoms with Crippen LogP contribution in [-0.2, 0) is 29.4 Å². The lowest BCUT2D eigenvalue weighted by Gasteiger charge is -2.26. The number of pyridine rings is 1. The second-order valence-electron chi connectivity index (χ2n) is 7.79. The van der Waals surface area contributed by atoms with Gasteiger partial charge < -0.3 is 10.0 Å². The summed E-state index contributed by atoms with van der Waals surface area (Å²) in [6.07, 6.45) is 5.61. The lowest BCUT2D eigenvalue weighted by atomic mass is 9.95. The van der Waals surface area contributed by atoms with Crippen molar-refractivity contribution in [1.82, 2.24) is 13.9 Å². The van der Waals surface area contributed by atoms with Gasteiger partial charge in [-0.2, -0.15) is 0 Å². The van der Waals surface area contributed by atoms with E-state index in [9.17, 15) is 18.3 Å². The van der Waals surface area contributed by atoms with Gasteiger partial charge >= 0.3 is 6.09 Å². The van der Waals surface area contributed by atoms with E-state index >= 15 is 0 Å². The van der Waals surface area contributed by atoms with Crippen LogP contribution in [0.4, 0.5) is 4.79 Å². The van der Waals surface area contributed by atoms with Crippen LogP contribution in [0.25, 0.3) is 11.0 Å². The lowest BCUT2D eigenvalue weighted by molar-refractivity contribution is 0.140. The van der Waals surface area contributed by atoms with E-state index in [0.717, 1.165) is 46.9 Å². The van der Waals surface area contributed by atoms with Crippen LogP contribution < -0.4 is 0 Å². The maximum atomic E-state index is 13.4. The summed E-state index contributed by atoms with van der Waals surface area (Å²) in [4.78, 5) is 17.5. The Labute approximate surface area is 176 Å². The topological polar surface area (TPSA) is 92.5 Å². The number of nitrogens with zero attached hydrogens (tertiary/aromatic N) is 3. The van der Waals surface area contributed by atoms with Gasteiger partial charge in [0.2, 0.25) is 0 Å². The molecule has 1 N–H and O–H groups in total. The summed E-state index contributed by atoms with van der Waals surface area (Å²) in [6.45, 7) is 4.68. The lowest BCUT2D eigenvalue weighted by Crippen LogP contribution is -2.35. The summed E-state index contributed by atoms with van der Waals surface area (Å²) in [5.41, 5.74) is 4.23. The standard InChI is InChI=1S/C22H25N3O4S/c1-3-4-5-16-14-25(30(28,29)18-8-6-15(2)7-9-18)21-20(16)19-10-11-24(22(26)27)13-17(19)12-23-21/h6-9,12,14H,3-5,10-11,13H2,1-2H3,(H,26,27). The number of aryl methyl sites for hydroxylation is 2. The third kappa shape index (κ3) is 3.45. The average molecular weight is 428 g/mol. The molecule has 1 amide bonds. The van der Waals surface area contributed by atoms with Crippen LogP contribution in [-0.4, -0.2) is 40.0 Å². The molecule has 3 heterocycles. The summed E-state index contributed by atoms with van der Waals surface area (Å²) < 4.78 is 28.1. The maximum Gasteiger partial charge on any atom is 0.407 e. The van der Waals surface area contributed by atoms with E-state index in [-0.39, 0.29) is 11.4 Å². The Bertz CT molecular complexity index is 1210. The van der Waals surface area contributed by atoms with Crippen molar-refractivity contribution < 1.29 is 18.3 Å². The molecule has 2 aromatic heterocycles. The molecule has 0 saturated carbocycles. The summed E-state index contributed by atoms with van der Waals surface area (Å²) in [7, 11) is -3.79. The van der Waals surface area contributed by atoms with Crippen LogP contribution in [0.2, 0.25) is 0 Å². The molecular formula is C22H25N3O4S. The van der Waals surface area contributed by atoms with E-state index in [4.69, 9.17) is 0 Å². The minimum Gasteiger partial charge on any atom is -0.465 e. The highest BCUT2D eigenvalue weighted by atomic mass is 32.2. The fourth-order valence-electron chi connectivity index (χ4n) is 4.03. The van der Waals surface area contributed by atoms with Gasteiger partial charge in [-0.05, 0) is 55.0 Å². The highest BCUT2D eigenvalue weighted by molar-refractivity contribution is 7.90. The van der Waals surface area contributed by atoms with Crippen molar-refractivity contribution in [2.75, 3.05) is 6.54 Å². The predicted molar refractivity (Wildman–Crippen MR) is 114 cm³/mol. The van der Waals surface area contributed by atoms with E-state index < -0.39 is 16.1 Å². The summed E-state index contributed by atoms with van der Waals surface area (Å²) >= 11 is 0. The highest BCUT2D eigenvalue weighted by Crippen LogP contribution is 2.33. The first-order valence-electron chi connectivity index (χ1n) is 10.1. The van der Waals surface area contributed by atoms with E-state index in [1.165, 1.54) is 8.87 Å². The van der Waals surface area contributed by atoms with Crippen LogP contribution in [0.1, 0.15) is 42.0 Å². The average Bonchev–Trinajstić information content (AvgIpc) is 3.12. The zero-order chi connectivity index (χ0) is 21.5. The first-order valence-corrected chi connectivity index (χ1v) is 11.6. The van der Waals surface area contributed by atoms with Crippen molar-refractivity contribution in [1.29, 1.82) is 0 Å². The third-order valence-electron chi connectivity index (χ3n) is 5.70. The number of unbranched alkanes of at least 4 members (excludes halogenated alkanes) is 1. The molecule has 1 aliphatic heterocycles. The van der Waals surface area contributed by atoms with Crippen molar-refractivity contribution in [3.8, 4) is 0 Å². The number of carbonyl (C=O) groups is 1. The smallest absolute Gasteiger partial charge is 0.407 e. The quantitative estimate of drug-likeness (QED) is 0.665. The number of hydrogen-bond donors (Lipinski definition) is 1. The minimum absolute atomic E-state index is 0.226. The molecule has 30 heavy (non-hydrogen) atoms. The van der Waals surface area contributed by atoms with Crippen LogP contribution in [0.3, 0.4) is 0 Å². The monoisotopic (exact) mass is 427 g/mol. The Morgan fingerprint density at radius 3 is 2.63 bits per heavy atom. The van der Waals surface area contributed by atoms with Gasteiger partial charge in [-0.3, -0.25) is 0 Å². The zero-order valence-corrected chi connectivity index (χ0v) is 17.9. The Hall–Kier alpha value is -2.87. The fraction of sp³-hybridized carbons (Fsp3) is 0.364. The van der Waals surface area contributed by atoms with Gasteiger partial charge in [0.1, 0.15) is 0 Å². The van der Waals surface area contributed by atoms with Crippen LogP contribution >= 0.6 is 0 Å². The Kier molecular flexibility index (Phi) is 5.27. The number of carboxylic acid groups (broad SMARTS) is 1. The molecule has 0 bridgehead atoms. The van der Waals surface area contributed by atoms with Crippen molar-refractivity contribution >= 4 is 27.1 Å².